The summed E-state index contributed by atoms with van der Waals surface area (Å²) in [6.07, 6.45) is 1.62. The molecule has 0 amide bonds. The smallest absolute Gasteiger partial charge is 0.336 e. The number of esters is 1. The van der Waals surface area contributed by atoms with E-state index in [1.54, 1.807) is 42.6 Å². The molecule has 1 aliphatic rings. The van der Waals surface area contributed by atoms with Crippen LogP contribution in [-0.4, -0.2) is 41.6 Å². The number of alkyl halides is 1. The van der Waals surface area contributed by atoms with Crippen LogP contribution in [0, 0.1) is 0 Å². The van der Waals surface area contributed by atoms with E-state index in [1.165, 1.54) is 11.8 Å². The molecule has 0 saturated heterocycles. The average Bonchev–Trinajstić information content (AvgIpc) is 2.76. The molecule has 2 aromatic rings. The molecule has 156 valence electrons. The molecule has 0 radical (unpaired) electrons. The molecule has 0 fully saturated rings. The number of rotatable bonds is 7. The normalized spacial score (nSPS) is 16.3. The molecule has 0 aliphatic carbocycles. The number of methoxy groups -OCH3 is 1. The zero-order valence-corrected chi connectivity index (χ0v) is 17.5. The Bertz CT molecular complexity index is 1030. The number of nitrogens with one attached hydrogen (secondary N) is 1. The summed E-state index contributed by atoms with van der Waals surface area (Å²) >= 11 is 7.62. The van der Waals surface area contributed by atoms with E-state index in [4.69, 9.17) is 16.3 Å². The van der Waals surface area contributed by atoms with E-state index in [0.717, 1.165) is 7.11 Å². The summed E-state index contributed by atoms with van der Waals surface area (Å²) in [4.78, 5) is 29.0. The van der Waals surface area contributed by atoms with Gasteiger partial charge in [0.15, 0.2) is 0 Å². The highest BCUT2D eigenvalue weighted by Gasteiger charge is 2.39. The van der Waals surface area contributed by atoms with Crippen LogP contribution in [0.3, 0.4) is 0 Å². The van der Waals surface area contributed by atoms with Gasteiger partial charge in [0.2, 0.25) is 0 Å². The Balaban J connectivity index is 2.15. The number of carboxylic acid groups (broad SMARTS) is 1. The van der Waals surface area contributed by atoms with Gasteiger partial charge in [0, 0.05) is 22.7 Å². The zero-order valence-electron chi connectivity index (χ0n) is 15.9. The number of halogens is 2. The number of carboxylic acids is 1. The van der Waals surface area contributed by atoms with Crippen molar-refractivity contribution >= 4 is 35.3 Å². The number of hydrogen-bond acceptors (Lipinski definition) is 6. The summed E-state index contributed by atoms with van der Waals surface area (Å²) in [5, 5.41) is 13.8. The molecule has 2 N–H and O–H groups in total. The third kappa shape index (κ3) is 4.49. The van der Waals surface area contributed by atoms with E-state index in [2.05, 4.69) is 10.3 Å². The summed E-state index contributed by atoms with van der Waals surface area (Å²) in [6.45, 7) is -1.00. The molecular weight excluding hydrogens is 431 g/mol. The second kappa shape index (κ2) is 9.77. The van der Waals surface area contributed by atoms with Crippen LogP contribution in [0.5, 0.6) is 0 Å². The number of dihydropyridines is 1. The van der Waals surface area contributed by atoms with Crippen molar-refractivity contribution in [2.45, 2.75) is 10.9 Å². The molecule has 1 unspecified atom stereocenters. The number of allylic oxidation sites excluding steroid dienone is 1. The molecule has 9 heteroatoms. The molecule has 6 nitrogen and oxygen atoms in total. The minimum Gasteiger partial charge on any atom is -0.478 e. The van der Waals surface area contributed by atoms with Gasteiger partial charge >= 0.3 is 11.9 Å². The van der Waals surface area contributed by atoms with Crippen LogP contribution >= 0.6 is 23.4 Å². The van der Waals surface area contributed by atoms with Gasteiger partial charge in [-0.2, -0.15) is 0 Å². The van der Waals surface area contributed by atoms with Crippen LogP contribution in [-0.2, 0) is 14.3 Å². The van der Waals surface area contributed by atoms with E-state index in [1.807, 2.05) is 6.07 Å². The minimum atomic E-state index is -1.25. The number of aromatic nitrogens is 1. The molecule has 3 rings (SSSR count). The summed E-state index contributed by atoms with van der Waals surface area (Å²) in [6, 6.07) is 11.9. The first kappa shape index (κ1) is 21.9. The van der Waals surface area contributed by atoms with Crippen molar-refractivity contribution in [2.24, 2.45) is 0 Å². The van der Waals surface area contributed by atoms with Gasteiger partial charge in [-0.25, -0.2) is 19.0 Å². The number of benzene rings is 1. The minimum absolute atomic E-state index is 0.0478. The second-order valence-corrected chi connectivity index (χ2v) is 7.65. The topological polar surface area (TPSA) is 88.5 Å². The summed E-state index contributed by atoms with van der Waals surface area (Å²) in [5.74, 6) is -2.98. The Labute approximate surface area is 181 Å². The standard InChI is InChI=1S/C21H18ClFN2O4S/c1-29-21(28)19-14(10-23)25-15(11-30-16-8-4-5-9-24-16)18(20(26)27)17(19)12-6-2-3-7-13(12)22/h2-9,17,25H,10-11H2,1H3,(H,26,27). The predicted molar refractivity (Wildman–Crippen MR) is 112 cm³/mol. The van der Waals surface area contributed by atoms with Gasteiger partial charge in [-0.3, -0.25) is 0 Å². The fraction of sp³-hybridized carbons (Fsp3) is 0.190. The van der Waals surface area contributed by atoms with Crippen LogP contribution in [0.15, 0.2) is 76.2 Å². The van der Waals surface area contributed by atoms with Gasteiger partial charge in [-0.1, -0.05) is 35.9 Å². The highest BCUT2D eigenvalue weighted by Crippen LogP contribution is 2.42. The Morgan fingerprint density at radius 3 is 2.53 bits per heavy atom. The number of hydrogen-bond donors (Lipinski definition) is 2. The lowest BCUT2D eigenvalue weighted by atomic mass is 9.80. The Kier molecular flexibility index (Phi) is 7.12. The lowest BCUT2D eigenvalue weighted by Gasteiger charge is -2.31. The van der Waals surface area contributed by atoms with Crippen molar-refractivity contribution in [1.29, 1.82) is 0 Å². The first-order valence-electron chi connectivity index (χ1n) is 8.86. The van der Waals surface area contributed by atoms with E-state index in [-0.39, 0.29) is 33.3 Å². The molecule has 0 spiro atoms. The van der Waals surface area contributed by atoms with Crippen LogP contribution in [0.25, 0.3) is 0 Å². The van der Waals surface area contributed by atoms with Crippen molar-refractivity contribution in [3.63, 3.8) is 0 Å². The molecule has 1 aromatic heterocycles. The lowest BCUT2D eigenvalue weighted by molar-refractivity contribution is -0.136. The van der Waals surface area contributed by atoms with E-state index >= 15 is 0 Å². The number of carbonyl (C=O) groups excluding carboxylic acids is 1. The van der Waals surface area contributed by atoms with Crippen LogP contribution in [0.2, 0.25) is 5.02 Å². The number of aliphatic carboxylic acids is 1. The lowest BCUT2D eigenvalue weighted by Crippen LogP contribution is -2.35. The van der Waals surface area contributed by atoms with Crippen molar-refractivity contribution in [1.82, 2.24) is 10.3 Å². The van der Waals surface area contributed by atoms with Crippen LogP contribution in [0.4, 0.5) is 4.39 Å². The number of thioether (sulfide) groups is 1. The van der Waals surface area contributed by atoms with Gasteiger partial charge in [-0.15, -0.1) is 11.8 Å². The SMILES string of the molecule is COC(=O)C1=C(CF)NC(CSc2ccccn2)=C(C(=O)O)C1c1ccccc1Cl. The van der Waals surface area contributed by atoms with Gasteiger partial charge in [-0.05, 0) is 23.8 Å². The Morgan fingerprint density at radius 2 is 1.93 bits per heavy atom. The largest absolute Gasteiger partial charge is 0.478 e. The van der Waals surface area contributed by atoms with Crippen LogP contribution < -0.4 is 5.32 Å². The van der Waals surface area contributed by atoms with Gasteiger partial charge in [0.25, 0.3) is 0 Å². The number of nitrogens with zero attached hydrogens (tertiary/aromatic N) is 1. The van der Waals surface area contributed by atoms with Crippen molar-refractivity contribution in [3.8, 4) is 0 Å². The Hall–Kier alpha value is -2.84. The predicted octanol–water partition coefficient (Wildman–Crippen LogP) is 3.95. The molecule has 1 aliphatic heterocycles. The Morgan fingerprint density at radius 1 is 1.20 bits per heavy atom. The molecule has 2 heterocycles. The first-order chi connectivity index (χ1) is 14.5. The molecular formula is C21H18ClFN2O4S. The molecule has 30 heavy (non-hydrogen) atoms. The monoisotopic (exact) mass is 448 g/mol. The molecule has 1 atom stereocenters. The molecule has 1 aromatic carbocycles. The molecule has 0 bridgehead atoms. The maximum Gasteiger partial charge on any atom is 0.336 e. The summed E-state index contributed by atoms with van der Waals surface area (Å²) in [5.41, 5.74) is 0.391. The molecule has 0 saturated carbocycles. The van der Waals surface area contributed by atoms with E-state index < -0.39 is 24.5 Å². The van der Waals surface area contributed by atoms with Gasteiger partial charge in [0.05, 0.1) is 34.9 Å². The number of pyridine rings is 1. The highest BCUT2D eigenvalue weighted by atomic mass is 35.5. The summed E-state index contributed by atoms with van der Waals surface area (Å²) in [7, 11) is 1.16. The second-order valence-electron chi connectivity index (χ2n) is 6.25. The third-order valence-electron chi connectivity index (χ3n) is 4.52. The third-order valence-corrected chi connectivity index (χ3v) is 5.83. The van der Waals surface area contributed by atoms with E-state index in [9.17, 15) is 19.1 Å². The first-order valence-corrected chi connectivity index (χ1v) is 10.2. The average molecular weight is 449 g/mol. The van der Waals surface area contributed by atoms with E-state index in [0.29, 0.717) is 10.6 Å². The fourth-order valence-electron chi connectivity index (χ4n) is 3.23. The summed E-state index contributed by atoms with van der Waals surface area (Å²) < 4.78 is 18.8. The quantitative estimate of drug-likeness (QED) is 0.489. The van der Waals surface area contributed by atoms with Gasteiger partial charge < -0.3 is 15.2 Å². The zero-order chi connectivity index (χ0) is 21.7. The maximum absolute atomic E-state index is 13.9. The van der Waals surface area contributed by atoms with Crippen molar-refractivity contribution in [2.75, 3.05) is 19.5 Å². The maximum atomic E-state index is 13.9. The van der Waals surface area contributed by atoms with Crippen LogP contribution in [0.1, 0.15) is 11.5 Å². The van der Waals surface area contributed by atoms with Crippen molar-refractivity contribution in [3.05, 3.63) is 81.8 Å². The van der Waals surface area contributed by atoms with Gasteiger partial charge in [0.1, 0.15) is 6.67 Å². The fourth-order valence-corrected chi connectivity index (χ4v) is 4.31. The highest BCUT2D eigenvalue weighted by molar-refractivity contribution is 7.99. The number of ether oxygens (including phenoxy) is 1. The number of carbonyl (C=O) groups is 2. The van der Waals surface area contributed by atoms with Crippen molar-refractivity contribution < 1.29 is 23.8 Å².